The van der Waals surface area contributed by atoms with E-state index in [-0.39, 0.29) is 0 Å². The molecule has 0 spiro atoms. The van der Waals surface area contributed by atoms with Gasteiger partial charge in [-0.05, 0) is 42.7 Å². The smallest absolute Gasteiger partial charge is 0.300 e. The van der Waals surface area contributed by atoms with Crippen LogP contribution in [0.2, 0.25) is 0 Å². The Hall–Kier alpha value is -1.94. The number of fused-ring (bicyclic) bond motifs is 1. The van der Waals surface area contributed by atoms with Crippen LogP contribution in [0, 0.1) is 0 Å². The van der Waals surface area contributed by atoms with Crippen LogP contribution in [-0.2, 0) is 0 Å². The standard InChI is InChI=1S/C14H12N2OS/c1-18-11-8-6-10(7-9-11)15-14-16-12-4-2-3-5-13(12)17-14/h2-9H,1H3,(H,15,16). The van der Waals surface area contributed by atoms with E-state index >= 15 is 0 Å². The second-order valence-corrected chi connectivity index (χ2v) is 4.72. The Morgan fingerprint density at radius 1 is 1.06 bits per heavy atom. The van der Waals surface area contributed by atoms with Gasteiger partial charge in [-0.15, -0.1) is 11.8 Å². The van der Waals surface area contributed by atoms with E-state index in [0.717, 1.165) is 16.8 Å². The number of hydrogen-bond donors (Lipinski definition) is 1. The summed E-state index contributed by atoms with van der Waals surface area (Å²) in [5.41, 5.74) is 2.63. The van der Waals surface area contributed by atoms with Crippen LogP contribution in [0.25, 0.3) is 11.1 Å². The lowest BCUT2D eigenvalue weighted by atomic mass is 10.3. The second kappa shape index (κ2) is 4.74. The van der Waals surface area contributed by atoms with Crippen LogP contribution in [0.4, 0.5) is 11.7 Å². The first-order chi connectivity index (χ1) is 8.85. The molecule has 0 aliphatic heterocycles. The number of oxazole rings is 1. The van der Waals surface area contributed by atoms with E-state index in [1.165, 1.54) is 4.90 Å². The first kappa shape index (κ1) is 11.2. The lowest BCUT2D eigenvalue weighted by Gasteiger charge is -2.02. The highest BCUT2D eigenvalue weighted by molar-refractivity contribution is 7.98. The number of benzene rings is 2. The van der Waals surface area contributed by atoms with Gasteiger partial charge >= 0.3 is 0 Å². The van der Waals surface area contributed by atoms with Gasteiger partial charge in [0.1, 0.15) is 5.52 Å². The Morgan fingerprint density at radius 3 is 2.56 bits per heavy atom. The number of hydrogen-bond acceptors (Lipinski definition) is 4. The molecule has 3 nitrogen and oxygen atoms in total. The summed E-state index contributed by atoms with van der Waals surface area (Å²) in [6, 6.07) is 16.4. The zero-order valence-corrected chi connectivity index (χ0v) is 10.7. The maximum absolute atomic E-state index is 5.60. The number of nitrogens with one attached hydrogen (secondary N) is 1. The lowest BCUT2D eigenvalue weighted by molar-refractivity contribution is 0.623. The van der Waals surface area contributed by atoms with E-state index in [1.54, 1.807) is 11.8 Å². The van der Waals surface area contributed by atoms with Gasteiger partial charge < -0.3 is 9.73 Å². The predicted octanol–water partition coefficient (Wildman–Crippen LogP) is 4.29. The second-order valence-electron chi connectivity index (χ2n) is 3.84. The van der Waals surface area contributed by atoms with Crippen LogP contribution in [0.1, 0.15) is 0 Å². The summed E-state index contributed by atoms with van der Waals surface area (Å²) in [5, 5.41) is 3.16. The first-order valence-corrected chi connectivity index (χ1v) is 6.84. The summed E-state index contributed by atoms with van der Waals surface area (Å²) in [6.45, 7) is 0. The Morgan fingerprint density at radius 2 is 1.83 bits per heavy atom. The molecule has 3 aromatic rings. The summed E-state index contributed by atoms with van der Waals surface area (Å²) in [5.74, 6) is 0. The number of anilines is 2. The third-order valence-corrected chi connectivity index (χ3v) is 3.38. The molecule has 0 bridgehead atoms. The molecule has 0 saturated heterocycles. The fraction of sp³-hybridized carbons (Fsp3) is 0.0714. The monoisotopic (exact) mass is 256 g/mol. The largest absolute Gasteiger partial charge is 0.423 e. The maximum atomic E-state index is 5.60. The molecule has 1 N–H and O–H groups in total. The number of aromatic nitrogens is 1. The minimum atomic E-state index is 0.521. The highest BCUT2D eigenvalue weighted by atomic mass is 32.2. The van der Waals surface area contributed by atoms with Crippen LogP contribution >= 0.6 is 11.8 Å². The van der Waals surface area contributed by atoms with Crippen LogP contribution in [0.3, 0.4) is 0 Å². The molecule has 0 saturated carbocycles. The lowest BCUT2D eigenvalue weighted by Crippen LogP contribution is -1.89. The highest BCUT2D eigenvalue weighted by Gasteiger charge is 2.04. The minimum absolute atomic E-state index is 0.521. The molecular formula is C14H12N2OS. The third-order valence-electron chi connectivity index (χ3n) is 2.64. The first-order valence-electron chi connectivity index (χ1n) is 5.62. The molecule has 0 amide bonds. The molecule has 2 aromatic carbocycles. The quantitative estimate of drug-likeness (QED) is 0.709. The van der Waals surface area contributed by atoms with Gasteiger partial charge in [0.25, 0.3) is 6.01 Å². The summed E-state index contributed by atoms with van der Waals surface area (Å²) in [7, 11) is 0. The molecule has 90 valence electrons. The normalized spacial score (nSPS) is 10.7. The van der Waals surface area contributed by atoms with Crippen molar-refractivity contribution in [2.75, 3.05) is 11.6 Å². The maximum Gasteiger partial charge on any atom is 0.300 e. The number of rotatable bonds is 3. The molecule has 1 aromatic heterocycles. The van der Waals surface area contributed by atoms with Gasteiger partial charge in [-0.25, -0.2) is 0 Å². The van der Waals surface area contributed by atoms with Gasteiger partial charge in [-0.1, -0.05) is 12.1 Å². The number of thioether (sulfide) groups is 1. The van der Waals surface area contributed by atoms with Crippen molar-refractivity contribution >= 4 is 34.6 Å². The molecule has 0 radical (unpaired) electrons. The summed E-state index contributed by atoms with van der Waals surface area (Å²) < 4.78 is 5.60. The van der Waals surface area contributed by atoms with Crippen LogP contribution in [0.15, 0.2) is 57.8 Å². The van der Waals surface area contributed by atoms with Crippen molar-refractivity contribution in [1.82, 2.24) is 4.98 Å². The molecule has 0 fully saturated rings. The fourth-order valence-electron chi connectivity index (χ4n) is 1.72. The average molecular weight is 256 g/mol. The molecular weight excluding hydrogens is 244 g/mol. The Bertz CT molecular complexity index is 628. The molecule has 3 rings (SSSR count). The SMILES string of the molecule is CSc1ccc(Nc2nc3ccccc3o2)cc1. The van der Waals surface area contributed by atoms with E-state index in [2.05, 4.69) is 28.7 Å². The predicted molar refractivity (Wildman–Crippen MR) is 75.5 cm³/mol. The van der Waals surface area contributed by atoms with E-state index in [9.17, 15) is 0 Å². The van der Waals surface area contributed by atoms with Gasteiger partial charge in [0.05, 0.1) is 0 Å². The molecule has 18 heavy (non-hydrogen) atoms. The van der Waals surface area contributed by atoms with Crippen molar-refractivity contribution in [2.45, 2.75) is 4.90 Å². The van der Waals surface area contributed by atoms with Crippen molar-refractivity contribution < 1.29 is 4.42 Å². The van der Waals surface area contributed by atoms with Gasteiger partial charge in [0, 0.05) is 10.6 Å². The van der Waals surface area contributed by atoms with Crippen molar-refractivity contribution in [3.05, 3.63) is 48.5 Å². The average Bonchev–Trinajstić information content (AvgIpc) is 2.82. The molecule has 0 aliphatic rings. The van der Waals surface area contributed by atoms with Crippen molar-refractivity contribution in [3.63, 3.8) is 0 Å². The Kier molecular flexibility index (Phi) is 2.94. The highest BCUT2D eigenvalue weighted by Crippen LogP contribution is 2.23. The van der Waals surface area contributed by atoms with Crippen molar-refractivity contribution in [2.24, 2.45) is 0 Å². The zero-order chi connectivity index (χ0) is 12.4. The summed E-state index contributed by atoms with van der Waals surface area (Å²) in [4.78, 5) is 5.60. The topological polar surface area (TPSA) is 38.1 Å². The molecule has 1 heterocycles. The van der Waals surface area contributed by atoms with E-state index in [0.29, 0.717) is 6.01 Å². The van der Waals surface area contributed by atoms with Crippen LogP contribution in [0.5, 0.6) is 0 Å². The molecule has 4 heteroatoms. The zero-order valence-electron chi connectivity index (χ0n) is 9.88. The third kappa shape index (κ3) is 2.19. The van der Waals surface area contributed by atoms with Gasteiger partial charge in [0.15, 0.2) is 5.58 Å². The van der Waals surface area contributed by atoms with Gasteiger partial charge in [0.2, 0.25) is 0 Å². The number of nitrogens with zero attached hydrogens (tertiary/aromatic N) is 1. The van der Waals surface area contributed by atoms with E-state index < -0.39 is 0 Å². The Labute approximate surface area is 109 Å². The number of para-hydroxylation sites is 2. The minimum Gasteiger partial charge on any atom is -0.423 e. The fourth-order valence-corrected chi connectivity index (χ4v) is 2.13. The summed E-state index contributed by atoms with van der Waals surface area (Å²) in [6.07, 6.45) is 2.06. The van der Waals surface area contributed by atoms with Gasteiger partial charge in [-0.3, -0.25) is 0 Å². The molecule has 0 unspecified atom stereocenters. The van der Waals surface area contributed by atoms with Crippen LogP contribution in [-0.4, -0.2) is 11.2 Å². The van der Waals surface area contributed by atoms with Crippen molar-refractivity contribution in [3.8, 4) is 0 Å². The molecule has 0 atom stereocenters. The van der Waals surface area contributed by atoms with Crippen LogP contribution < -0.4 is 5.32 Å². The van der Waals surface area contributed by atoms with E-state index in [1.807, 2.05) is 36.4 Å². The van der Waals surface area contributed by atoms with Gasteiger partial charge in [-0.2, -0.15) is 4.98 Å². The Balaban J connectivity index is 1.86. The summed E-state index contributed by atoms with van der Waals surface area (Å²) >= 11 is 1.72. The molecule has 0 aliphatic carbocycles. The van der Waals surface area contributed by atoms with Crippen molar-refractivity contribution in [1.29, 1.82) is 0 Å². The van der Waals surface area contributed by atoms with E-state index in [4.69, 9.17) is 4.42 Å².